The minimum Gasteiger partial charge on any atom is -0.478 e. The molecule has 0 radical (unpaired) electrons. The second-order valence-corrected chi connectivity index (χ2v) is 4.65. The van der Waals surface area contributed by atoms with Crippen LogP contribution in [-0.2, 0) is 4.74 Å². The molecule has 1 aromatic rings. The van der Waals surface area contributed by atoms with Crippen molar-refractivity contribution in [2.24, 2.45) is 0 Å². The van der Waals surface area contributed by atoms with E-state index in [1.807, 2.05) is 20.8 Å². The predicted molar refractivity (Wildman–Crippen MR) is 72.0 cm³/mol. The van der Waals surface area contributed by atoms with Gasteiger partial charge >= 0.3 is 5.97 Å². The summed E-state index contributed by atoms with van der Waals surface area (Å²) in [5, 5.41) is 12.0. The molecule has 0 atom stereocenters. The molecule has 0 aliphatic carbocycles. The quantitative estimate of drug-likeness (QED) is 0.676. The van der Waals surface area contributed by atoms with Crippen LogP contribution in [-0.4, -0.2) is 29.8 Å². The van der Waals surface area contributed by atoms with Gasteiger partial charge in [0, 0.05) is 13.2 Å². The van der Waals surface area contributed by atoms with E-state index < -0.39 is 5.97 Å². The third-order valence-electron chi connectivity index (χ3n) is 2.54. The second-order valence-electron chi connectivity index (χ2n) is 4.65. The summed E-state index contributed by atoms with van der Waals surface area (Å²) < 4.78 is 5.56. The summed E-state index contributed by atoms with van der Waals surface area (Å²) in [6.45, 7) is 7.13. The Hall–Kier alpha value is -1.75. The van der Waals surface area contributed by atoms with Gasteiger partial charge in [0.2, 0.25) is 0 Å². The molecule has 100 valence electrons. The van der Waals surface area contributed by atoms with Crippen LogP contribution in [0.3, 0.4) is 0 Å². The molecule has 0 aromatic heterocycles. The Kier molecular flexibility index (Phi) is 4.55. The number of carbonyl (C=O) groups is 1. The Morgan fingerprint density at radius 2 is 2.17 bits per heavy atom. The molecule has 1 aromatic carbocycles. The number of anilines is 2. The van der Waals surface area contributed by atoms with E-state index in [1.165, 1.54) is 12.1 Å². The first-order valence-electron chi connectivity index (χ1n) is 5.86. The Balaban J connectivity index is 2.71. The van der Waals surface area contributed by atoms with E-state index in [1.54, 1.807) is 6.07 Å². The van der Waals surface area contributed by atoms with E-state index in [-0.39, 0.29) is 11.2 Å². The fraction of sp³-hybridized carbons (Fsp3) is 0.462. The van der Waals surface area contributed by atoms with Crippen LogP contribution < -0.4 is 11.1 Å². The molecule has 0 saturated carbocycles. The maximum atomic E-state index is 10.8. The van der Waals surface area contributed by atoms with Crippen LogP contribution in [0.1, 0.15) is 31.1 Å². The lowest BCUT2D eigenvalue weighted by atomic mass is 10.1. The summed E-state index contributed by atoms with van der Waals surface area (Å²) in [7, 11) is 0. The van der Waals surface area contributed by atoms with E-state index in [4.69, 9.17) is 15.6 Å². The summed E-state index contributed by atoms with van der Waals surface area (Å²) >= 11 is 0. The standard InChI is InChI=1S/C13H20N2O3/c1-4-18-13(2,3)8-15-11-6-5-9(12(16)17)7-10(11)14/h5-7,15H,4,8,14H2,1-3H3,(H,16,17). The highest BCUT2D eigenvalue weighted by molar-refractivity contribution is 5.90. The zero-order chi connectivity index (χ0) is 13.8. The van der Waals surface area contributed by atoms with E-state index in [0.717, 1.165) is 0 Å². The van der Waals surface area contributed by atoms with Gasteiger partial charge in [0.15, 0.2) is 0 Å². The number of nitrogens with one attached hydrogen (secondary N) is 1. The van der Waals surface area contributed by atoms with Gasteiger partial charge in [0.1, 0.15) is 0 Å². The van der Waals surface area contributed by atoms with Gasteiger partial charge in [-0.05, 0) is 39.0 Å². The molecule has 0 amide bonds. The van der Waals surface area contributed by atoms with Crippen molar-refractivity contribution in [3.8, 4) is 0 Å². The Labute approximate surface area is 107 Å². The van der Waals surface area contributed by atoms with E-state index in [0.29, 0.717) is 24.5 Å². The summed E-state index contributed by atoms with van der Waals surface area (Å²) in [5.74, 6) is -0.983. The highest BCUT2D eigenvalue weighted by Gasteiger charge is 2.17. The molecule has 0 unspecified atom stereocenters. The number of rotatable bonds is 6. The molecule has 0 heterocycles. The van der Waals surface area contributed by atoms with Crippen LogP contribution in [0.5, 0.6) is 0 Å². The number of nitrogens with two attached hydrogens (primary N) is 1. The van der Waals surface area contributed by atoms with Gasteiger partial charge in [-0.3, -0.25) is 0 Å². The molecule has 0 saturated heterocycles. The summed E-state index contributed by atoms with van der Waals surface area (Å²) in [6, 6.07) is 4.63. The molecule has 4 N–H and O–H groups in total. The second kappa shape index (κ2) is 5.73. The number of carboxylic acids is 1. The number of hydrogen-bond acceptors (Lipinski definition) is 4. The minimum atomic E-state index is -0.983. The monoisotopic (exact) mass is 252 g/mol. The number of benzene rings is 1. The topological polar surface area (TPSA) is 84.6 Å². The number of ether oxygens (including phenoxy) is 1. The number of carboxylic acid groups (broad SMARTS) is 1. The van der Waals surface area contributed by atoms with E-state index in [9.17, 15) is 4.79 Å². The van der Waals surface area contributed by atoms with E-state index >= 15 is 0 Å². The van der Waals surface area contributed by atoms with Crippen LogP contribution in [0.25, 0.3) is 0 Å². The molecule has 1 rings (SSSR count). The normalized spacial score (nSPS) is 11.3. The van der Waals surface area contributed by atoms with Gasteiger partial charge in [-0.1, -0.05) is 0 Å². The zero-order valence-electron chi connectivity index (χ0n) is 11.0. The first-order valence-corrected chi connectivity index (χ1v) is 5.86. The van der Waals surface area contributed by atoms with Crippen molar-refractivity contribution >= 4 is 17.3 Å². The molecule has 0 spiro atoms. The van der Waals surface area contributed by atoms with Gasteiger partial charge in [-0.25, -0.2) is 4.79 Å². The van der Waals surface area contributed by atoms with Gasteiger partial charge < -0.3 is 20.9 Å². The first kappa shape index (κ1) is 14.3. The average Bonchev–Trinajstić information content (AvgIpc) is 2.27. The van der Waals surface area contributed by atoms with Crippen LogP contribution >= 0.6 is 0 Å². The fourth-order valence-electron chi connectivity index (χ4n) is 1.61. The molecule has 0 aliphatic rings. The SMILES string of the molecule is CCOC(C)(C)CNc1ccc(C(=O)O)cc1N. The van der Waals surface area contributed by atoms with Crippen molar-refractivity contribution in [1.29, 1.82) is 0 Å². The first-order chi connectivity index (χ1) is 8.35. The van der Waals surface area contributed by atoms with Crippen molar-refractivity contribution < 1.29 is 14.6 Å². The van der Waals surface area contributed by atoms with Crippen molar-refractivity contribution in [2.75, 3.05) is 24.2 Å². The van der Waals surface area contributed by atoms with Gasteiger partial charge in [-0.2, -0.15) is 0 Å². The minimum absolute atomic E-state index is 0.183. The smallest absolute Gasteiger partial charge is 0.335 e. The van der Waals surface area contributed by atoms with E-state index in [2.05, 4.69) is 5.32 Å². The number of nitrogen functional groups attached to an aromatic ring is 1. The molecule has 0 bridgehead atoms. The maximum absolute atomic E-state index is 10.8. The van der Waals surface area contributed by atoms with Crippen LogP contribution in [0.15, 0.2) is 18.2 Å². The zero-order valence-corrected chi connectivity index (χ0v) is 11.0. The van der Waals surface area contributed by atoms with Crippen LogP contribution in [0.2, 0.25) is 0 Å². The molecular weight excluding hydrogens is 232 g/mol. The summed E-state index contributed by atoms with van der Waals surface area (Å²) in [5.41, 5.74) is 6.81. The molecule has 18 heavy (non-hydrogen) atoms. The van der Waals surface area contributed by atoms with Crippen molar-refractivity contribution in [1.82, 2.24) is 0 Å². The van der Waals surface area contributed by atoms with Crippen molar-refractivity contribution in [3.05, 3.63) is 23.8 Å². The Morgan fingerprint density at radius 1 is 1.50 bits per heavy atom. The number of hydrogen-bond donors (Lipinski definition) is 3. The highest BCUT2D eigenvalue weighted by atomic mass is 16.5. The Bertz CT molecular complexity index is 430. The largest absolute Gasteiger partial charge is 0.478 e. The fourth-order valence-corrected chi connectivity index (χ4v) is 1.61. The molecular formula is C13H20N2O3. The van der Waals surface area contributed by atoms with Crippen LogP contribution in [0, 0.1) is 0 Å². The lowest BCUT2D eigenvalue weighted by Gasteiger charge is -2.25. The van der Waals surface area contributed by atoms with Gasteiger partial charge in [-0.15, -0.1) is 0 Å². The lowest BCUT2D eigenvalue weighted by Crippen LogP contribution is -2.33. The molecule has 5 heteroatoms. The van der Waals surface area contributed by atoms with Crippen molar-refractivity contribution in [3.63, 3.8) is 0 Å². The summed E-state index contributed by atoms with van der Waals surface area (Å²) in [4.78, 5) is 10.8. The van der Waals surface area contributed by atoms with Crippen LogP contribution in [0.4, 0.5) is 11.4 Å². The third-order valence-corrected chi connectivity index (χ3v) is 2.54. The van der Waals surface area contributed by atoms with Gasteiger partial charge in [0.05, 0.1) is 22.5 Å². The maximum Gasteiger partial charge on any atom is 0.335 e. The molecule has 5 nitrogen and oxygen atoms in total. The van der Waals surface area contributed by atoms with Gasteiger partial charge in [0.25, 0.3) is 0 Å². The Morgan fingerprint density at radius 3 is 2.67 bits per heavy atom. The molecule has 0 aliphatic heterocycles. The predicted octanol–water partition coefficient (Wildman–Crippen LogP) is 2.19. The average molecular weight is 252 g/mol. The molecule has 0 fully saturated rings. The third kappa shape index (κ3) is 3.92. The summed E-state index contributed by atoms with van der Waals surface area (Å²) in [6.07, 6.45) is 0. The highest BCUT2D eigenvalue weighted by Crippen LogP contribution is 2.21. The number of aromatic carboxylic acids is 1. The van der Waals surface area contributed by atoms with Crippen molar-refractivity contribution in [2.45, 2.75) is 26.4 Å². The lowest BCUT2D eigenvalue weighted by molar-refractivity contribution is 0.000702.